The zero-order chi connectivity index (χ0) is 21.4. The van der Waals surface area contributed by atoms with E-state index in [0.717, 1.165) is 56.3 Å². The van der Waals surface area contributed by atoms with Crippen LogP contribution in [0.25, 0.3) is 11.4 Å². The number of para-hydroxylation sites is 1. The first-order chi connectivity index (χ1) is 14.3. The second kappa shape index (κ2) is 7.75. The molecule has 0 fully saturated rings. The molecule has 158 valence electrons. The lowest BCUT2D eigenvalue weighted by molar-refractivity contribution is -0.137. The summed E-state index contributed by atoms with van der Waals surface area (Å²) in [6.07, 6.45) is -0.779. The van der Waals surface area contributed by atoms with Crippen molar-refractivity contribution in [2.75, 3.05) is 4.72 Å². The van der Waals surface area contributed by atoms with E-state index in [9.17, 15) is 21.6 Å². The van der Waals surface area contributed by atoms with E-state index in [1.807, 2.05) is 4.57 Å². The van der Waals surface area contributed by atoms with Crippen LogP contribution in [-0.4, -0.2) is 23.2 Å². The van der Waals surface area contributed by atoms with E-state index in [4.69, 9.17) is 0 Å². The third-order valence-corrected chi connectivity index (χ3v) is 6.36. The molecule has 4 rings (SSSR count). The normalized spacial score (nSPS) is 14.8. The Hall–Kier alpha value is -2.88. The van der Waals surface area contributed by atoms with Crippen LogP contribution in [0.3, 0.4) is 0 Å². The molecule has 30 heavy (non-hydrogen) atoms. The number of nitrogens with zero attached hydrogens (tertiary/aromatic N) is 3. The summed E-state index contributed by atoms with van der Waals surface area (Å²) < 4.78 is 69.0. The highest BCUT2D eigenvalue weighted by atomic mass is 32.2. The SMILES string of the molecule is O=S(=O)(Nc1ccccc1-c1nnc2n1CCCCC2)c1cccc(C(F)(F)F)c1. The molecule has 0 saturated heterocycles. The summed E-state index contributed by atoms with van der Waals surface area (Å²) in [5, 5.41) is 8.49. The number of aryl methyl sites for hydroxylation is 1. The first-order valence-corrected chi connectivity index (χ1v) is 11.0. The maximum Gasteiger partial charge on any atom is 0.416 e. The highest BCUT2D eigenvalue weighted by Gasteiger charge is 2.32. The van der Waals surface area contributed by atoms with Crippen LogP contribution in [-0.2, 0) is 29.2 Å². The van der Waals surface area contributed by atoms with Gasteiger partial charge >= 0.3 is 6.18 Å². The summed E-state index contributed by atoms with van der Waals surface area (Å²) in [4.78, 5) is -0.466. The van der Waals surface area contributed by atoms with Gasteiger partial charge in [0.25, 0.3) is 10.0 Å². The number of nitrogens with one attached hydrogen (secondary N) is 1. The number of aromatic nitrogens is 3. The zero-order valence-electron chi connectivity index (χ0n) is 15.9. The zero-order valence-corrected chi connectivity index (χ0v) is 16.7. The van der Waals surface area contributed by atoms with Gasteiger partial charge in [-0.25, -0.2) is 8.42 Å². The topological polar surface area (TPSA) is 76.9 Å². The van der Waals surface area contributed by atoms with Gasteiger partial charge in [-0.05, 0) is 43.2 Å². The molecule has 1 N–H and O–H groups in total. The van der Waals surface area contributed by atoms with E-state index in [-0.39, 0.29) is 5.69 Å². The van der Waals surface area contributed by atoms with Gasteiger partial charge in [0.15, 0.2) is 5.82 Å². The van der Waals surface area contributed by atoms with Crippen molar-refractivity contribution in [2.45, 2.75) is 43.3 Å². The van der Waals surface area contributed by atoms with Crippen molar-refractivity contribution >= 4 is 15.7 Å². The summed E-state index contributed by atoms with van der Waals surface area (Å²) in [5.74, 6) is 1.38. The Bertz CT molecular complexity index is 1170. The van der Waals surface area contributed by atoms with Crippen molar-refractivity contribution in [3.05, 3.63) is 59.9 Å². The molecule has 2 heterocycles. The summed E-state index contributed by atoms with van der Waals surface area (Å²) in [7, 11) is -4.25. The van der Waals surface area contributed by atoms with Gasteiger partial charge in [0, 0.05) is 18.5 Å². The fraction of sp³-hybridized carbons (Fsp3) is 0.300. The van der Waals surface area contributed by atoms with E-state index in [2.05, 4.69) is 14.9 Å². The summed E-state index contributed by atoms with van der Waals surface area (Å²) >= 11 is 0. The van der Waals surface area contributed by atoms with Gasteiger partial charge in [0.1, 0.15) is 5.82 Å². The molecule has 0 spiro atoms. The van der Waals surface area contributed by atoms with Gasteiger partial charge in [-0.15, -0.1) is 10.2 Å². The minimum atomic E-state index is -4.64. The number of halogens is 3. The Kier molecular flexibility index (Phi) is 5.27. The van der Waals surface area contributed by atoms with Crippen molar-refractivity contribution in [3.63, 3.8) is 0 Å². The third kappa shape index (κ3) is 4.04. The van der Waals surface area contributed by atoms with Crippen LogP contribution in [0, 0.1) is 0 Å². The molecule has 0 atom stereocenters. The second-order valence-electron chi connectivity index (χ2n) is 7.08. The Balaban J connectivity index is 1.71. The Morgan fingerprint density at radius 1 is 0.967 bits per heavy atom. The predicted octanol–water partition coefficient (Wildman–Crippen LogP) is 4.49. The highest BCUT2D eigenvalue weighted by molar-refractivity contribution is 7.92. The van der Waals surface area contributed by atoms with Crippen LogP contribution >= 0.6 is 0 Å². The van der Waals surface area contributed by atoms with Gasteiger partial charge in [0.05, 0.1) is 16.1 Å². The minimum absolute atomic E-state index is 0.231. The molecule has 10 heteroatoms. The number of fused-ring (bicyclic) bond motifs is 1. The molecule has 0 saturated carbocycles. The first kappa shape index (κ1) is 20.4. The van der Waals surface area contributed by atoms with E-state index >= 15 is 0 Å². The van der Waals surface area contributed by atoms with E-state index in [1.54, 1.807) is 24.3 Å². The van der Waals surface area contributed by atoms with Crippen LogP contribution in [0.1, 0.15) is 30.7 Å². The number of alkyl halides is 3. The number of hydrogen-bond donors (Lipinski definition) is 1. The fourth-order valence-corrected chi connectivity index (χ4v) is 4.62. The molecule has 6 nitrogen and oxygen atoms in total. The van der Waals surface area contributed by atoms with Crippen molar-refractivity contribution in [3.8, 4) is 11.4 Å². The average molecular weight is 436 g/mol. The number of anilines is 1. The van der Waals surface area contributed by atoms with Crippen LogP contribution in [0.15, 0.2) is 53.4 Å². The lowest BCUT2D eigenvalue weighted by atomic mass is 10.1. The van der Waals surface area contributed by atoms with Crippen molar-refractivity contribution < 1.29 is 21.6 Å². The van der Waals surface area contributed by atoms with Gasteiger partial charge in [-0.3, -0.25) is 4.72 Å². The molecule has 1 aromatic heterocycles. The summed E-state index contributed by atoms with van der Waals surface area (Å²) in [5.41, 5.74) is -0.274. The molecule has 2 aromatic carbocycles. The van der Waals surface area contributed by atoms with Crippen molar-refractivity contribution in [1.29, 1.82) is 0 Å². The molecular weight excluding hydrogens is 417 g/mol. The molecule has 0 aliphatic carbocycles. The molecule has 1 aliphatic rings. The molecular formula is C20H19F3N4O2S. The van der Waals surface area contributed by atoms with Gasteiger partial charge in [-0.1, -0.05) is 24.6 Å². The van der Waals surface area contributed by atoms with E-state index in [0.29, 0.717) is 17.5 Å². The van der Waals surface area contributed by atoms with Gasteiger partial charge in [-0.2, -0.15) is 13.2 Å². The Labute approximate surface area is 171 Å². The molecule has 0 radical (unpaired) electrons. The smallest absolute Gasteiger partial charge is 0.311 e. The fourth-order valence-electron chi connectivity index (χ4n) is 3.49. The monoisotopic (exact) mass is 436 g/mol. The highest BCUT2D eigenvalue weighted by Crippen LogP contribution is 2.33. The van der Waals surface area contributed by atoms with Gasteiger partial charge < -0.3 is 4.57 Å². The molecule has 1 aliphatic heterocycles. The maximum absolute atomic E-state index is 13.0. The van der Waals surface area contributed by atoms with Crippen LogP contribution in [0.2, 0.25) is 0 Å². The quantitative estimate of drug-likeness (QED) is 0.654. The Morgan fingerprint density at radius 2 is 1.77 bits per heavy atom. The first-order valence-electron chi connectivity index (χ1n) is 9.47. The number of rotatable bonds is 4. The average Bonchev–Trinajstić information content (AvgIpc) is 2.95. The molecule has 0 amide bonds. The Morgan fingerprint density at radius 3 is 2.57 bits per heavy atom. The molecule has 0 bridgehead atoms. The van der Waals surface area contributed by atoms with E-state index < -0.39 is 26.7 Å². The lowest BCUT2D eigenvalue weighted by Gasteiger charge is -2.14. The number of benzene rings is 2. The van der Waals surface area contributed by atoms with E-state index in [1.165, 1.54) is 0 Å². The second-order valence-corrected chi connectivity index (χ2v) is 8.76. The molecule has 0 unspecified atom stereocenters. The molecule has 3 aromatic rings. The van der Waals surface area contributed by atoms with Crippen LogP contribution < -0.4 is 4.72 Å². The summed E-state index contributed by atoms with van der Waals surface area (Å²) in [6, 6.07) is 10.3. The third-order valence-electron chi connectivity index (χ3n) is 4.99. The lowest BCUT2D eigenvalue weighted by Crippen LogP contribution is -2.15. The maximum atomic E-state index is 13.0. The predicted molar refractivity (Wildman–Crippen MR) is 105 cm³/mol. The van der Waals surface area contributed by atoms with Crippen molar-refractivity contribution in [1.82, 2.24) is 14.8 Å². The summed E-state index contributed by atoms with van der Waals surface area (Å²) in [6.45, 7) is 0.729. The number of hydrogen-bond acceptors (Lipinski definition) is 4. The number of sulfonamides is 1. The standard InChI is InChI=1S/C20H19F3N4O2S/c21-20(22,23)14-7-6-8-15(13-14)30(28,29)26-17-10-4-3-9-16(17)19-25-24-18-11-2-1-5-12-27(18)19/h3-4,6-10,13,26H,1-2,5,11-12H2. The van der Waals surface area contributed by atoms with Crippen LogP contribution in [0.5, 0.6) is 0 Å². The minimum Gasteiger partial charge on any atom is -0.311 e. The van der Waals surface area contributed by atoms with Crippen LogP contribution in [0.4, 0.5) is 18.9 Å². The van der Waals surface area contributed by atoms with Gasteiger partial charge in [0.2, 0.25) is 0 Å². The largest absolute Gasteiger partial charge is 0.416 e. The van der Waals surface area contributed by atoms with Crippen molar-refractivity contribution in [2.24, 2.45) is 0 Å².